The highest BCUT2D eigenvalue weighted by Crippen LogP contribution is 2.30. The van der Waals surface area contributed by atoms with Crippen molar-refractivity contribution in [3.8, 4) is 0 Å². The van der Waals surface area contributed by atoms with Crippen LogP contribution in [-0.2, 0) is 105 Å². The smallest absolute Gasteiger partial charge is 0.432 e. The Morgan fingerprint density at radius 1 is 0.271 bits per heavy atom. The van der Waals surface area contributed by atoms with E-state index in [1.54, 1.807) is 60.7 Å². The summed E-state index contributed by atoms with van der Waals surface area (Å²) < 4.78 is 26.4. The van der Waals surface area contributed by atoms with Gasteiger partial charge >= 0.3 is 60.6 Å². The van der Waals surface area contributed by atoms with Gasteiger partial charge in [-0.1, -0.05) is 95.3 Å². The lowest BCUT2D eigenvalue weighted by Crippen LogP contribution is -2.37. The molecule has 2 unspecified atom stereocenters. The molecular weight excluding hydrogens is 1120 g/mol. The minimum atomic E-state index is -1.63. The molecule has 0 saturated carbocycles. The van der Waals surface area contributed by atoms with Gasteiger partial charge in [0.15, 0.2) is 0 Å². The van der Waals surface area contributed by atoms with Gasteiger partial charge in [-0.2, -0.15) is 24.0 Å². The van der Waals surface area contributed by atoms with Crippen molar-refractivity contribution in [2.75, 3.05) is 33.0 Å². The average molecular weight is 1180 g/mol. The normalized spacial score (nSPS) is 11.5. The highest BCUT2D eigenvalue weighted by Gasteiger charge is 2.35. The molecule has 0 aliphatic rings. The molecule has 25 heteroatoms. The van der Waals surface area contributed by atoms with E-state index in [0.29, 0.717) is 32.1 Å². The summed E-state index contributed by atoms with van der Waals surface area (Å²) in [7, 11) is 0. The fourth-order valence-electron chi connectivity index (χ4n) is 7.70. The molecule has 5 aromatic carbocycles. The van der Waals surface area contributed by atoms with Gasteiger partial charge in [-0.25, -0.2) is 72.8 Å². The molecular formula is C60H62O25. The van der Waals surface area contributed by atoms with E-state index >= 15 is 0 Å². The zero-order valence-electron chi connectivity index (χ0n) is 47.0. The third kappa shape index (κ3) is 22.6. The van der Waals surface area contributed by atoms with E-state index in [0.717, 1.165) is 27.8 Å². The van der Waals surface area contributed by atoms with Gasteiger partial charge in [-0.05, 0) is 133 Å². The van der Waals surface area contributed by atoms with E-state index in [9.17, 15) is 47.9 Å². The van der Waals surface area contributed by atoms with Gasteiger partial charge in [-0.15, -0.1) is 0 Å². The number of rotatable bonds is 24. The minimum absolute atomic E-state index is 0.00361. The van der Waals surface area contributed by atoms with Crippen LogP contribution in [0.4, 0.5) is 24.0 Å². The van der Waals surface area contributed by atoms with Gasteiger partial charge in [0, 0.05) is 17.8 Å². The molecule has 2 atom stereocenters. The van der Waals surface area contributed by atoms with Crippen molar-refractivity contribution in [2.45, 2.75) is 79.6 Å². The van der Waals surface area contributed by atoms with Crippen molar-refractivity contribution < 1.29 is 121 Å². The largest absolute Gasteiger partial charge is 0.549 e. The standard InChI is InChI=1S/C60H62O25/c1-6-38-11-21-43(22-12-38)51(61)76-81-56(66)71-33-31-48(35-73-58(68)83-78-53(63)45-25-15-40(8-3)16-26-45)50(37-75-60(70)85-80-55(65)47-29-19-42(10-5)20-30-47)49(36-74-59(69)84-79-54(64)46-27-17-41(9-4)18-28-46)32-34-72-57(67)82-77-52(62)44-23-13-39(7-2)14-24-44/h11-30,48-50H,6-10,31-37H2,1-5H3. The fraction of sp³-hybridized carbons (Fsp3) is 0.333. The Bertz CT molecular complexity index is 2850. The van der Waals surface area contributed by atoms with Crippen LogP contribution < -0.4 is 0 Å². The van der Waals surface area contributed by atoms with Crippen molar-refractivity contribution >= 4 is 60.6 Å². The van der Waals surface area contributed by atoms with Gasteiger partial charge in [0.05, 0.1) is 60.9 Å². The minimum Gasteiger partial charge on any atom is -0.432 e. The summed E-state index contributed by atoms with van der Waals surface area (Å²) >= 11 is 0. The summed E-state index contributed by atoms with van der Waals surface area (Å²) in [6, 6.07) is 30.8. The maximum absolute atomic E-state index is 13.2. The second-order valence-electron chi connectivity index (χ2n) is 18.2. The average Bonchev–Trinajstić information content (AvgIpc) is 3.58. The molecule has 452 valence electrons. The summed E-state index contributed by atoms with van der Waals surface area (Å²) in [5.41, 5.74) is 4.55. The molecule has 0 aromatic heterocycles. The third-order valence-corrected chi connectivity index (χ3v) is 12.8. The Kier molecular flexibility index (Phi) is 27.0. The molecule has 5 aromatic rings. The van der Waals surface area contributed by atoms with Gasteiger partial charge < -0.3 is 23.7 Å². The Hall–Kier alpha value is -10.2. The summed E-state index contributed by atoms with van der Waals surface area (Å²) in [6.45, 7) is 5.64. The van der Waals surface area contributed by atoms with Crippen molar-refractivity contribution in [3.05, 3.63) is 177 Å². The lowest BCUT2D eigenvalue weighted by Gasteiger charge is -2.32. The summed E-state index contributed by atoms with van der Waals surface area (Å²) in [5, 5.41) is 0. The number of carbonyl (C=O) groups is 10. The van der Waals surface area contributed by atoms with Gasteiger partial charge in [0.2, 0.25) is 0 Å². The maximum atomic E-state index is 13.2. The number of carbonyl (C=O) groups excluding carboxylic acids is 10. The lowest BCUT2D eigenvalue weighted by atomic mass is 9.79. The number of ether oxygens (including phenoxy) is 5. The van der Waals surface area contributed by atoms with E-state index in [-0.39, 0.29) is 27.8 Å². The van der Waals surface area contributed by atoms with Crippen LogP contribution in [0.1, 0.15) is 127 Å². The predicted molar refractivity (Wildman–Crippen MR) is 288 cm³/mol. The molecule has 85 heavy (non-hydrogen) atoms. The molecule has 0 bridgehead atoms. The molecule has 5 rings (SSSR count). The van der Waals surface area contributed by atoms with Crippen LogP contribution in [0.25, 0.3) is 0 Å². The van der Waals surface area contributed by atoms with Crippen LogP contribution in [0.3, 0.4) is 0 Å². The predicted octanol–water partition coefficient (Wildman–Crippen LogP) is 11.1. The molecule has 25 nitrogen and oxygen atoms in total. The van der Waals surface area contributed by atoms with Crippen molar-refractivity contribution in [1.29, 1.82) is 0 Å². The van der Waals surface area contributed by atoms with Crippen LogP contribution >= 0.6 is 0 Å². The number of benzene rings is 5. The molecule has 0 spiro atoms. The number of hydrogen-bond acceptors (Lipinski definition) is 25. The zero-order valence-corrected chi connectivity index (χ0v) is 47.0. The van der Waals surface area contributed by atoms with E-state index in [2.05, 4.69) is 34.2 Å². The van der Waals surface area contributed by atoms with Crippen LogP contribution in [0, 0.1) is 17.8 Å². The topological polar surface area (TPSA) is 309 Å². The Morgan fingerprint density at radius 2 is 0.471 bits per heavy atom. The molecule has 0 fully saturated rings. The van der Waals surface area contributed by atoms with Crippen molar-refractivity contribution in [1.82, 2.24) is 0 Å². The van der Waals surface area contributed by atoms with E-state index in [1.807, 2.05) is 34.6 Å². The van der Waals surface area contributed by atoms with Gasteiger partial charge in [0.1, 0.15) is 0 Å². The van der Waals surface area contributed by atoms with Crippen molar-refractivity contribution in [2.24, 2.45) is 17.8 Å². The molecule has 0 aliphatic heterocycles. The first-order valence-electron chi connectivity index (χ1n) is 26.7. The summed E-state index contributed by atoms with van der Waals surface area (Å²) in [5.74, 6) is -9.37. The first-order chi connectivity index (χ1) is 41.0. The SMILES string of the molecule is CCc1ccc(C(=O)OOC(=O)OCCC(COC(=O)OOC(=O)c2ccc(CC)cc2)C(COC(=O)OOC(=O)c2ccc(CC)cc2)C(CCOC(=O)OOC(=O)c2ccc(CC)cc2)COC(=O)OOC(=O)c2ccc(CC)cc2)cc1. The van der Waals surface area contributed by atoms with E-state index in [1.165, 1.54) is 60.7 Å². The monoisotopic (exact) mass is 1180 g/mol. The van der Waals surface area contributed by atoms with Crippen LogP contribution in [0.2, 0.25) is 0 Å². The highest BCUT2D eigenvalue weighted by molar-refractivity contribution is 5.91. The Balaban J connectivity index is 1.40. The zero-order chi connectivity index (χ0) is 61.5. The van der Waals surface area contributed by atoms with E-state index in [4.69, 9.17) is 38.3 Å². The second-order valence-corrected chi connectivity index (χ2v) is 18.2. The molecule has 0 radical (unpaired) electrons. The summed E-state index contributed by atoms with van der Waals surface area (Å²) in [6.07, 6.45) is -5.45. The highest BCUT2D eigenvalue weighted by atomic mass is 17.3. The lowest BCUT2D eigenvalue weighted by molar-refractivity contribution is -0.210. The second kappa shape index (κ2) is 34.9. The Morgan fingerprint density at radius 3 is 0.682 bits per heavy atom. The van der Waals surface area contributed by atoms with Crippen LogP contribution in [0.5, 0.6) is 0 Å². The van der Waals surface area contributed by atoms with E-state index < -0.39 is 124 Å². The quantitative estimate of drug-likeness (QED) is 0.0240. The van der Waals surface area contributed by atoms with Crippen molar-refractivity contribution in [3.63, 3.8) is 0 Å². The van der Waals surface area contributed by atoms with Crippen LogP contribution in [-0.4, -0.2) is 93.7 Å². The fourth-order valence-corrected chi connectivity index (χ4v) is 7.70. The molecule has 0 heterocycles. The van der Waals surface area contributed by atoms with Gasteiger partial charge in [-0.3, -0.25) is 0 Å². The first-order valence-corrected chi connectivity index (χ1v) is 26.7. The third-order valence-electron chi connectivity index (χ3n) is 12.8. The molecule has 0 amide bonds. The van der Waals surface area contributed by atoms with Crippen LogP contribution in [0.15, 0.2) is 121 Å². The number of aryl methyl sites for hydroxylation is 5. The maximum Gasteiger partial charge on any atom is 0.549 e. The molecule has 0 aliphatic carbocycles. The molecule has 0 saturated heterocycles. The Labute approximate surface area is 487 Å². The first kappa shape index (κ1) is 65.6. The van der Waals surface area contributed by atoms with Gasteiger partial charge in [0.25, 0.3) is 0 Å². The number of hydrogen-bond donors (Lipinski definition) is 0. The molecule has 0 N–H and O–H groups in total. The summed E-state index contributed by atoms with van der Waals surface area (Å²) in [4.78, 5) is 175.